The van der Waals surface area contributed by atoms with Gasteiger partial charge in [0.15, 0.2) is 0 Å². The van der Waals surface area contributed by atoms with Crippen molar-refractivity contribution in [2.75, 3.05) is 0 Å². The zero-order valence-corrected chi connectivity index (χ0v) is 19.2. The predicted molar refractivity (Wildman–Crippen MR) is 134 cm³/mol. The third-order valence-corrected chi connectivity index (χ3v) is 6.54. The molecule has 0 aliphatic carbocycles. The zero-order chi connectivity index (χ0) is 22.9. The van der Waals surface area contributed by atoms with Crippen molar-refractivity contribution in [3.63, 3.8) is 0 Å². The van der Waals surface area contributed by atoms with Crippen LogP contribution in [0.15, 0.2) is 108 Å². The fourth-order valence-corrected chi connectivity index (χ4v) is 4.67. The summed E-state index contributed by atoms with van der Waals surface area (Å²) >= 11 is 6.10. The second-order valence-electron chi connectivity index (χ2n) is 8.50. The molecule has 0 N–H and O–H groups in total. The van der Waals surface area contributed by atoms with Gasteiger partial charge in [-0.05, 0) is 53.6 Å². The van der Waals surface area contributed by atoms with Crippen molar-refractivity contribution in [3.05, 3.63) is 130 Å². The van der Waals surface area contributed by atoms with Gasteiger partial charge in [-0.1, -0.05) is 72.3 Å². The van der Waals surface area contributed by atoms with Gasteiger partial charge in [0.25, 0.3) is 0 Å². The van der Waals surface area contributed by atoms with Crippen molar-refractivity contribution >= 4 is 17.3 Å². The SMILES string of the molecule is Clc1ccc(C2=NN3C(C2)c2ccccc2OC3c2ccc(OCc3ccccc3)cc2)cc1. The number of hydrogen-bond donors (Lipinski definition) is 0. The Balaban J connectivity index is 1.28. The molecule has 0 spiro atoms. The van der Waals surface area contributed by atoms with E-state index in [1.807, 2.05) is 66.7 Å². The van der Waals surface area contributed by atoms with Crippen LogP contribution in [0.2, 0.25) is 5.02 Å². The molecular formula is C29H23ClN2O2. The summed E-state index contributed by atoms with van der Waals surface area (Å²) < 4.78 is 12.4. The molecule has 4 aromatic rings. The van der Waals surface area contributed by atoms with Gasteiger partial charge in [-0.15, -0.1) is 0 Å². The molecule has 2 aliphatic heterocycles. The topological polar surface area (TPSA) is 34.1 Å². The van der Waals surface area contributed by atoms with Crippen LogP contribution < -0.4 is 9.47 Å². The number of rotatable bonds is 5. The molecule has 5 heteroatoms. The molecule has 4 aromatic carbocycles. The van der Waals surface area contributed by atoms with Crippen LogP contribution in [0.3, 0.4) is 0 Å². The summed E-state index contributed by atoms with van der Waals surface area (Å²) in [4.78, 5) is 0. The summed E-state index contributed by atoms with van der Waals surface area (Å²) in [5, 5.41) is 7.83. The predicted octanol–water partition coefficient (Wildman–Crippen LogP) is 7.16. The van der Waals surface area contributed by atoms with Gasteiger partial charge in [-0.25, -0.2) is 5.01 Å². The molecule has 2 heterocycles. The highest BCUT2D eigenvalue weighted by Crippen LogP contribution is 2.47. The summed E-state index contributed by atoms with van der Waals surface area (Å²) in [5.74, 6) is 1.73. The highest BCUT2D eigenvalue weighted by Gasteiger charge is 2.40. The first kappa shape index (κ1) is 20.8. The molecule has 2 unspecified atom stereocenters. The van der Waals surface area contributed by atoms with E-state index in [9.17, 15) is 0 Å². The third-order valence-electron chi connectivity index (χ3n) is 6.29. The molecule has 0 amide bonds. The minimum atomic E-state index is -0.312. The van der Waals surface area contributed by atoms with Crippen molar-refractivity contribution in [3.8, 4) is 11.5 Å². The van der Waals surface area contributed by atoms with Crippen LogP contribution in [-0.4, -0.2) is 10.7 Å². The van der Waals surface area contributed by atoms with Crippen LogP contribution in [0.5, 0.6) is 11.5 Å². The second-order valence-corrected chi connectivity index (χ2v) is 8.94. The van der Waals surface area contributed by atoms with E-state index in [0.717, 1.165) is 50.9 Å². The lowest BCUT2D eigenvalue weighted by atomic mass is 9.96. The lowest BCUT2D eigenvalue weighted by Crippen LogP contribution is -2.33. The zero-order valence-electron chi connectivity index (χ0n) is 18.5. The van der Waals surface area contributed by atoms with Gasteiger partial charge >= 0.3 is 0 Å². The first-order valence-electron chi connectivity index (χ1n) is 11.4. The fraction of sp³-hybridized carbons (Fsp3) is 0.138. The van der Waals surface area contributed by atoms with Crippen LogP contribution in [0.4, 0.5) is 0 Å². The number of fused-ring (bicyclic) bond motifs is 3. The number of hydrogen-bond acceptors (Lipinski definition) is 4. The number of benzene rings is 4. The Morgan fingerprint density at radius 1 is 0.853 bits per heavy atom. The Labute approximate surface area is 204 Å². The van der Waals surface area contributed by atoms with Crippen LogP contribution in [0, 0.1) is 0 Å². The van der Waals surface area contributed by atoms with Crippen molar-refractivity contribution in [2.45, 2.75) is 25.3 Å². The maximum Gasteiger partial charge on any atom is 0.213 e. The lowest BCUT2D eigenvalue weighted by Gasteiger charge is -2.38. The van der Waals surface area contributed by atoms with Crippen LogP contribution in [-0.2, 0) is 6.61 Å². The van der Waals surface area contributed by atoms with E-state index in [1.54, 1.807) is 0 Å². The summed E-state index contributed by atoms with van der Waals surface area (Å²) in [5.41, 5.74) is 5.46. The maximum absolute atomic E-state index is 6.46. The molecule has 0 saturated carbocycles. The largest absolute Gasteiger partial charge is 0.489 e. The number of ether oxygens (including phenoxy) is 2. The molecule has 4 nitrogen and oxygen atoms in total. The average Bonchev–Trinajstić information content (AvgIpc) is 3.34. The van der Waals surface area contributed by atoms with Crippen molar-refractivity contribution in [1.29, 1.82) is 0 Å². The van der Waals surface area contributed by atoms with Crippen molar-refractivity contribution < 1.29 is 9.47 Å². The molecule has 0 bridgehead atoms. The normalized spacial score (nSPS) is 18.5. The van der Waals surface area contributed by atoms with Gasteiger partial charge in [0.1, 0.15) is 18.1 Å². The fourth-order valence-electron chi connectivity index (χ4n) is 4.54. The first-order chi connectivity index (χ1) is 16.7. The molecule has 0 radical (unpaired) electrons. The van der Waals surface area contributed by atoms with E-state index < -0.39 is 0 Å². The number of halogens is 1. The van der Waals surface area contributed by atoms with Gasteiger partial charge in [-0.3, -0.25) is 0 Å². The van der Waals surface area contributed by atoms with Gasteiger partial charge in [0, 0.05) is 22.6 Å². The Kier molecular flexibility index (Phi) is 5.44. The summed E-state index contributed by atoms with van der Waals surface area (Å²) in [6.45, 7) is 0.538. The van der Waals surface area contributed by atoms with E-state index in [-0.39, 0.29) is 12.3 Å². The highest BCUT2D eigenvalue weighted by atomic mass is 35.5. The van der Waals surface area contributed by atoms with Gasteiger partial charge in [0.2, 0.25) is 6.23 Å². The highest BCUT2D eigenvalue weighted by molar-refractivity contribution is 6.30. The summed E-state index contributed by atoms with van der Waals surface area (Å²) in [6.07, 6.45) is 0.504. The molecule has 0 aromatic heterocycles. The minimum Gasteiger partial charge on any atom is -0.489 e. The van der Waals surface area contributed by atoms with E-state index in [4.69, 9.17) is 26.2 Å². The average molecular weight is 467 g/mol. The summed E-state index contributed by atoms with van der Waals surface area (Å²) in [6, 6.07) is 34.5. The van der Waals surface area contributed by atoms with E-state index in [0.29, 0.717) is 6.61 Å². The molecule has 2 aliphatic rings. The number of para-hydroxylation sites is 1. The van der Waals surface area contributed by atoms with Gasteiger partial charge in [-0.2, -0.15) is 5.10 Å². The van der Waals surface area contributed by atoms with Gasteiger partial charge in [0.05, 0.1) is 11.8 Å². The Morgan fingerprint density at radius 2 is 1.59 bits per heavy atom. The van der Waals surface area contributed by atoms with E-state index in [1.165, 1.54) is 0 Å². The first-order valence-corrected chi connectivity index (χ1v) is 11.8. The van der Waals surface area contributed by atoms with Crippen LogP contribution in [0.1, 0.15) is 40.9 Å². The smallest absolute Gasteiger partial charge is 0.213 e. The standard InChI is InChI=1S/C29H23ClN2O2/c30-23-14-10-21(11-15-23)26-18-27-25-8-4-5-9-28(25)34-29(32(27)31-26)22-12-16-24(17-13-22)33-19-20-6-2-1-3-7-20/h1-17,27,29H,18-19H2. The number of hydrazone groups is 1. The van der Waals surface area contributed by atoms with Crippen molar-refractivity contribution in [2.24, 2.45) is 5.10 Å². The molecule has 34 heavy (non-hydrogen) atoms. The van der Waals surface area contributed by atoms with Crippen LogP contribution >= 0.6 is 11.6 Å². The van der Waals surface area contributed by atoms with Crippen LogP contribution in [0.25, 0.3) is 0 Å². The summed E-state index contributed by atoms with van der Waals surface area (Å²) in [7, 11) is 0. The molecule has 0 fully saturated rings. The van der Waals surface area contributed by atoms with E-state index >= 15 is 0 Å². The molecular weight excluding hydrogens is 444 g/mol. The van der Waals surface area contributed by atoms with Gasteiger partial charge < -0.3 is 9.47 Å². The van der Waals surface area contributed by atoms with Crippen molar-refractivity contribution in [1.82, 2.24) is 5.01 Å². The second kappa shape index (κ2) is 8.88. The Bertz CT molecular complexity index is 1320. The lowest BCUT2D eigenvalue weighted by molar-refractivity contribution is -0.0190. The number of nitrogens with zero attached hydrogens (tertiary/aromatic N) is 2. The molecule has 6 rings (SSSR count). The molecule has 2 atom stereocenters. The maximum atomic E-state index is 6.46. The van der Waals surface area contributed by atoms with E-state index in [2.05, 4.69) is 41.4 Å². The Morgan fingerprint density at radius 3 is 2.38 bits per heavy atom. The molecule has 168 valence electrons. The third kappa shape index (κ3) is 4.02. The monoisotopic (exact) mass is 466 g/mol. The Hall–Kier alpha value is -3.76. The minimum absolute atomic E-state index is 0.120. The quantitative estimate of drug-likeness (QED) is 0.313. The molecule has 0 saturated heterocycles.